The van der Waals surface area contributed by atoms with Gasteiger partial charge in [0.2, 0.25) is 5.75 Å². The van der Waals surface area contributed by atoms with Gasteiger partial charge in [0.25, 0.3) is 0 Å². The molecule has 112 valence electrons. The standard InChI is InChI=1S/C6H4N2O5.C4H11NO2/c9-5-3-1-2-4(7(10)11)6(5)8(12)13;6-3-1-5-2-4-7/h1-3,9H;5-7H,1-4H2. The second kappa shape index (κ2) is 9.61. The first-order valence-corrected chi connectivity index (χ1v) is 5.48. The summed E-state index contributed by atoms with van der Waals surface area (Å²) in [4.78, 5) is 18.6. The van der Waals surface area contributed by atoms with Gasteiger partial charge in [-0.2, -0.15) is 0 Å². The van der Waals surface area contributed by atoms with Crippen LogP contribution in [0.2, 0.25) is 0 Å². The summed E-state index contributed by atoms with van der Waals surface area (Å²) >= 11 is 0. The summed E-state index contributed by atoms with van der Waals surface area (Å²) in [6.45, 7) is 1.42. The highest BCUT2D eigenvalue weighted by Crippen LogP contribution is 2.34. The van der Waals surface area contributed by atoms with Crippen LogP contribution >= 0.6 is 0 Å². The number of nitrogens with one attached hydrogen (secondary N) is 1. The average molecular weight is 289 g/mol. The zero-order chi connectivity index (χ0) is 15.5. The average Bonchev–Trinajstić information content (AvgIpc) is 2.39. The highest BCUT2D eigenvalue weighted by atomic mass is 16.6. The summed E-state index contributed by atoms with van der Waals surface area (Å²) in [7, 11) is 0. The molecule has 20 heavy (non-hydrogen) atoms. The lowest BCUT2D eigenvalue weighted by Crippen LogP contribution is -2.21. The van der Waals surface area contributed by atoms with Crippen LogP contribution in [0.5, 0.6) is 5.75 Å². The zero-order valence-electron chi connectivity index (χ0n) is 10.4. The van der Waals surface area contributed by atoms with Crippen LogP contribution in [0.1, 0.15) is 0 Å². The number of para-hydroxylation sites is 1. The quantitative estimate of drug-likeness (QED) is 0.317. The Hall–Kier alpha value is -2.30. The SMILES string of the molecule is O=[N+]([O-])c1cccc(O)c1[N+](=O)[O-].OCCNCCO. The number of nitro benzene ring substituents is 2. The van der Waals surface area contributed by atoms with Gasteiger partial charge in [0.1, 0.15) is 0 Å². The predicted octanol–water partition coefficient (Wildman–Crippen LogP) is -0.231. The lowest BCUT2D eigenvalue weighted by atomic mass is 10.2. The summed E-state index contributed by atoms with van der Waals surface area (Å²) < 4.78 is 0. The van der Waals surface area contributed by atoms with Gasteiger partial charge in [-0.1, -0.05) is 6.07 Å². The van der Waals surface area contributed by atoms with Crippen molar-refractivity contribution in [2.75, 3.05) is 26.3 Å². The summed E-state index contributed by atoms with van der Waals surface area (Å²) in [5.74, 6) is -0.709. The predicted molar refractivity (Wildman–Crippen MR) is 68.5 cm³/mol. The molecule has 0 fully saturated rings. The van der Waals surface area contributed by atoms with Crippen LogP contribution in [0.15, 0.2) is 18.2 Å². The van der Waals surface area contributed by atoms with Crippen molar-refractivity contribution >= 4 is 11.4 Å². The molecular weight excluding hydrogens is 274 g/mol. The molecular formula is C10H15N3O7. The van der Waals surface area contributed by atoms with Gasteiger partial charge in [-0.15, -0.1) is 0 Å². The van der Waals surface area contributed by atoms with Crippen LogP contribution in [-0.4, -0.2) is 51.5 Å². The van der Waals surface area contributed by atoms with Gasteiger partial charge in [-0.25, -0.2) is 0 Å². The molecule has 1 aromatic carbocycles. The van der Waals surface area contributed by atoms with Crippen LogP contribution in [0.4, 0.5) is 11.4 Å². The third-order valence-corrected chi connectivity index (χ3v) is 1.95. The minimum Gasteiger partial charge on any atom is -0.502 e. The van der Waals surface area contributed by atoms with Crippen molar-refractivity contribution in [2.24, 2.45) is 0 Å². The van der Waals surface area contributed by atoms with E-state index in [1.54, 1.807) is 0 Å². The molecule has 0 bridgehead atoms. The molecule has 0 aliphatic heterocycles. The molecule has 10 nitrogen and oxygen atoms in total. The number of aromatic hydroxyl groups is 1. The Bertz CT molecular complexity index is 448. The molecule has 1 aromatic rings. The third kappa shape index (κ3) is 6.04. The van der Waals surface area contributed by atoms with E-state index in [9.17, 15) is 20.2 Å². The normalized spacial score (nSPS) is 9.50. The van der Waals surface area contributed by atoms with E-state index in [2.05, 4.69) is 5.32 Å². The second-order valence-electron chi connectivity index (χ2n) is 3.36. The van der Waals surface area contributed by atoms with Crippen LogP contribution < -0.4 is 5.32 Å². The minimum absolute atomic E-state index is 0.139. The lowest BCUT2D eigenvalue weighted by Gasteiger charge is -1.95. The van der Waals surface area contributed by atoms with Gasteiger partial charge in [0, 0.05) is 19.2 Å². The third-order valence-electron chi connectivity index (χ3n) is 1.95. The lowest BCUT2D eigenvalue weighted by molar-refractivity contribution is -0.423. The van der Waals surface area contributed by atoms with Crippen LogP contribution in [0, 0.1) is 20.2 Å². The van der Waals surface area contributed by atoms with Gasteiger partial charge in [0.15, 0.2) is 0 Å². The first-order valence-electron chi connectivity index (χ1n) is 5.48. The Morgan fingerprint density at radius 3 is 1.95 bits per heavy atom. The Kier molecular flexibility index (Phi) is 8.50. The van der Waals surface area contributed by atoms with Crippen molar-refractivity contribution in [2.45, 2.75) is 0 Å². The molecule has 0 saturated heterocycles. The number of phenols is 1. The number of aliphatic hydroxyl groups is 2. The molecule has 0 aromatic heterocycles. The molecule has 0 radical (unpaired) electrons. The van der Waals surface area contributed by atoms with E-state index < -0.39 is 27.0 Å². The van der Waals surface area contributed by atoms with Crippen LogP contribution in [0.3, 0.4) is 0 Å². The summed E-state index contributed by atoms with van der Waals surface area (Å²) in [6, 6.07) is 3.14. The minimum atomic E-state index is -0.993. The Balaban J connectivity index is 0.000000441. The highest BCUT2D eigenvalue weighted by Gasteiger charge is 2.27. The number of aliphatic hydroxyl groups excluding tert-OH is 2. The topological polar surface area (TPSA) is 159 Å². The first kappa shape index (κ1) is 17.7. The number of nitro groups is 2. The number of benzene rings is 1. The number of hydrogen-bond donors (Lipinski definition) is 4. The number of rotatable bonds is 6. The largest absolute Gasteiger partial charge is 0.502 e. The summed E-state index contributed by atoms with van der Waals surface area (Å²) in [6.07, 6.45) is 0. The van der Waals surface area contributed by atoms with Crippen molar-refractivity contribution in [1.29, 1.82) is 0 Å². The maximum Gasteiger partial charge on any atom is 0.387 e. The van der Waals surface area contributed by atoms with Crippen molar-refractivity contribution in [3.8, 4) is 5.75 Å². The van der Waals surface area contributed by atoms with E-state index in [1.807, 2.05) is 0 Å². The molecule has 0 heterocycles. The molecule has 4 N–H and O–H groups in total. The highest BCUT2D eigenvalue weighted by molar-refractivity contribution is 5.60. The van der Waals surface area contributed by atoms with Gasteiger partial charge in [-0.3, -0.25) is 20.2 Å². The number of phenolic OH excluding ortho intramolecular Hbond substituents is 1. The Morgan fingerprint density at radius 1 is 1.05 bits per heavy atom. The summed E-state index contributed by atoms with van der Waals surface area (Å²) in [5.41, 5.74) is -1.60. The van der Waals surface area contributed by atoms with Gasteiger partial charge < -0.3 is 20.6 Å². The molecule has 0 unspecified atom stereocenters. The molecule has 0 spiro atoms. The van der Waals surface area contributed by atoms with E-state index in [4.69, 9.17) is 15.3 Å². The number of nitrogens with zero attached hydrogens (tertiary/aromatic N) is 2. The fraction of sp³-hybridized carbons (Fsp3) is 0.400. The monoisotopic (exact) mass is 289 g/mol. The van der Waals surface area contributed by atoms with Crippen molar-refractivity contribution in [3.05, 3.63) is 38.4 Å². The fourth-order valence-corrected chi connectivity index (χ4v) is 1.14. The van der Waals surface area contributed by atoms with Crippen molar-refractivity contribution < 1.29 is 25.2 Å². The Labute approximate surface area is 113 Å². The first-order chi connectivity index (χ1) is 9.45. The number of hydrogen-bond acceptors (Lipinski definition) is 8. The summed E-state index contributed by atoms with van der Waals surface area (Å²) in [5, 5.41) is 48.6. The molecule has 1 rings (SSSR count). The Morgan fingerprint density at radius 2 is 1.60 bits per heavy atom. The van der Waals surface area contributed by atoms with Crippen molar-refractivity contribution in [1.82, 2.24) is 5.32 Å². The van der Waals surface area contributed by atoms with E-state index in [0.717, 1.165) is 12.1 Å². The van der Waals surface area contributed by atoms with E-state index in [-0.39, 0.29) is 13.2 Å². The van der Waals surface area contributed by atoms with E-state index in [0.29, 0.717) is 13.1 Å². The molecule has 0 saturated carbocycles. The zero-order valence-corrected chi connectivity index (χ0v) is 10.4. The smallest absolute Gasteiger partial charge is 0.387 e. The van der Waals surface area contributed by atoms with Crippen LogP contribution in [0.25, 0.3) is 0 Å². The van der Waals surface area contributed by atoms with E-state index in [1.165, 1.54) is 6.07 Å². The van der Waals surface area contributed by atoms with E-state index >= 15 is 0 Å². The van der Waals surface area contributed by atoms with Gasteiger partial charge >= 0.3 is 11.4 Å². The maximum absolute atomic E-state index is 10.3. The van der Waals surface area contributed by atoms with Gasteiger partial charge in [0.05, 0.1) is 23.1 Å². The molecule has 0 amide bonds. The fourth-order valence-electron chi connectivity index (χ4n) is 1.14. The molecule has 0 atom stereocenters. The van der Waals surface area contributed by atoms with Crippen LogP contribution in [-0.2, 0) is 0 Å². The van der Waals surface area contributed by atoms with Gasteiger partial charge in [-0.05, 0) is 6.07 Å². The molecule has 10 heteroatoms. The maximum atomic E-state index is 10.3. The molecule has 0 aliphatic rings. The molecule has 0 aliphatic carbocycles. The van der Waals surface area contributed by atoms with Crippen molar-refractivity contribution in [3.63, 3.8) is 0 Å². The second-order valence-corrected chi connectivity index (χ2v) is 3.36.